The summed E-state index contributed by atoms with van der Waals surface area (Å²) in [4.78, 5) is 2.15. The summed E-state index contributed by atoms with van der Waals surface area (Å²) in [5.74, 6) is 1.04. The fraction of sp³-hybridized carbons (Fsp3) is 0.750. The fourth-order valence-corrected chi connectivity index (χ4v) is 1.19. The molecule has 0 bridgehead atoms. The van der Waals surface area contributed by atoms with Crippen molar-refractivity contribution in [2.24, 2.45) is 0 Å². The van der Waals surface area contributed by atoms with Crippen LogP contribution in [0.3, 0.4) is 0 Å². The van der Waals surface area contributed by atoms with E-state index < -0.39 is 0 Å². The molecule has 0 spiro atoms. The summed E-state index contributed by atoms with van der Waals surface area (Å²) in [5, 5.41) is 0. The summed E-state index contributed by atoms with van der Waals surface area (Å²) in [6.07, 6.45) is 3.53. The highest BCUT2D eigenvalue weighted by Crippen LogP contribution is 2.16. The van der Waals surface area contributed by atoms with Crippen LogP contribution in [0.4, 0.5) is 0 Å². The maximum Gasteiger partial charge on any atom is 0.185 e. The zero-order chi connectivity index (χ0) is 7.56. The van der Waals surface area contributed by atoms with Gasteiger partial charge in [0.05, 0.1) is 6.54 Å². The van der Waals surface area contributed by atoms with Crippen LogP contribution in [0.25, 0.3) is 0 Å². The van der Waals surface area contributed by atoms with Gasteiger partial charge in [-0.15, -0.1) is 0 Å². The van der Waals surface area contributed by atoms with Crippen molar-refractivity contribution in [2.75, 3.05) is 13.6 Å². The Morgan fingerprint density at radius 3 is 2.90 bits per heavy atom. The zero-order valence-corrected chi connectivity index (χ0v) is 6.92. The van der Waals surface area contributed by atoms with Gasteiger partial charge >= 0.3 is 0 Å². The second-order valence-corrected chi connectivity index (χ2v) is 2.76. The van der Waals surface area contributed by atoms with E-state index in [0.29, 0.717) is 6.10 Å². The first-order chi connectivity index (χ1) is 4.74. The Morgan fingerprint density at radius 2 is 2.50 bits per heavy atom. The molecule has 0 radical (unpaired) electrons. The smallest absolute Gasteiger partial charge is 0.185 e. The maximum absolute atomic E-state index is 5.50. The first-order valence-corrected chi connectivity index (χ1v) is 3.82. The van der Waals surface area contributed by atoms with E-state index in [4.69, 9.17) is 4.74 Å². The van der Waals surface area contributed by atoms with E-state index in [2.05, 4.69) is 31.9 Å². The van der Waals surface area contributed by atoms with Crippen LogP contribution in [-0.4, -0.2) is 24.6 Å². The lowest BCUT2D eigenvalue weighted by Crippen LogP contribution is -2.13. The van der Waals surface area contributed by atoms with Crippen LogP contribution in [0.15, 0.2) is 12.0 Å². The second-order valence-electron chi connectivity index (χ2n) is 2.76. The first-order valence-electron chi connectivity index (χ1n) is 3.82. The highest BCUT2D eigenvalue weighted by Gasteiger charge is 2.19. The van der Waals surface area contributed by atoms with E-state index >= 15 is 0 Å². The molecule has 0 aromatic carbocycles. The van der Waals surface area contributed by atoms with E-state index in [-0.39, 0.29) is 0 Å². The van der Waals surface area contributed by atoms with Gasteiger partial charge in [-0.3, -0.25) is 0 Å². The van der Waals surface area contributed by atoms with Crippen LogP contribution in [0.2, 0.25) is 0 Å². The van der Waals surface area contributed by atoms with Crippen molar-refractivity contribution in [1.29, 1.82) is 0 Å². The topological polar surface area (TPSA) is 12.5 Å². The molecule has 1 unspecified atom stereocenters. The van der Waals surface area contributed by atoms with E-state index in [1.54, 1.807) is 0 Å². The van der Waals surface area contributed by atoms with Crippen LogP contribution in [-0.2, 0) is 4.74 Å². The maximum atomic E-state index is 5.50. The lowest BCUT2D eigenvalue weighted by atomic mass is 10.4. The molecule has 0 aliphatic carbocycles. The van der Waals surface area contributed by atoms with Crippen molar-refractivity contribution in [3.05, 3.63) is 12.0 Å². The second kappa shape index (κ2) is 2.95. The standard InChI is InChI=1S/C8H15NO/c1-4-5-8-9(3)6-7(2)10-8/h5,7H,4,6H2,1-3H3. The SMILES string of the molecule is CCC=C1OC(C)CN1C. The Kier molecular flexibility index (Phi) is 2.20. The van der Waals surface area contributed by atoms with Crippen LogP contribution in [0.1, 0.15) is 20.3 Å². The molecule has 0 aromatic rings. The van der Waals surface area contributed by atoms with Gasteiger partial charge in [-0.05, 0) is 19.4 Å². The number of hydrogen-bond acceptors (Lipinski definition) is 2. The van der Waals surface area contributed by atoms with Gasteiger partial charge in [0.15, 0.2) is 5.88 Å². The summed E-state index contributed by atoms with van der Waals surface area (Å²) in [7, 11) is 2.06. The van der Waals surface area contributed by atoms with Gasteiger partial charge in [0.1, 0.15) is 6.10 Å². The van der Waals surface area contributed by atoms with Crippen molar-refractivity contribution in [3.8, 4) is 0 Å². The molecule has 0 saturated carbocycles. The Labute approximate surface area is 62.5 Å². The summed E-state index contributed by atoms with van der Waals surface area (Å²) in [5.41, 5.74) is 0. The predicted octanol–water partition coefficient (Wildman–Crippen LogP) is 1.59. The van der Waals surface area contributed by atoms with Gasteiger partial charge < -0.3 is 9.64 Å². The average molecular weight is 141 g/mol. The average Bonchev–Trinajstić information content (AvgIpc) is 2.13. The minimum Gasteiger partial charge on any atom is -0.474 e. The number of hydrogen-bond donors (Lipinski definition) is 0. The minimum absolute atomic E-state index is 0.364. The summed E-state index contributed by atoms with van der Waals surface area (Å²) >= 11 is 0. The number of allylic oxidation sites excluding steroid dienone is 1. The molecule has 0 N–H and O–H groups in total. The Balaban J connectivity index is 2.54. The molecule has 58 valence electrons. The van der Waals surface area contributed by atoms with Gasteiger partial charge in [0, 0.05) is 7.05 Å². The predicted molar refractivity (Wildman–Crippen MR) is 41.6 cm³/mol. The van der Waals surface area contributed by atoms with Crippen LogP contribution in [0, 0.1) is 0 Å². The van der Waals surface area contributed by atoms with E-state index in [9.17, 15) is 0 Å². The normalized spacial score (nSPS) is 29.3. The van der Waals surface area contributed by atoms with Gasteiger partial charge in [0.25, 0.3) is 0 Å². The van der Waals surface area contributed by atoms with E-state index in [0.717, 1.165) is 18.8 Å². The third kappa shape index (κ3) is 1.43. The summed E-state index contributed by atoms with van der Waals surface area (Å²) < 4.78 is 5.50. The highest BCUT2D eigenvalue weighted by molar-refractivity contribution is 4.96. The summed E-state index contributed by atoms with van der Waals surface area (Å²) in [6, 6.07) is 0. The quantitative estimate of drug-likeness (QED) is 0.550. The Hall–Kier alpha value is -0.660. The third-order valence-corrected chi connectivity index (χ3v) is 1.61. The van der Waals surface area contributed by atoms with Gasteiger partial charge in [-0.25, -0.2) is 0 Å². The van der Waals surface area contributed by atoms with Crippen molar-refractivity contribution in [1.82, 2.24) is 4.90 Å². The van der Waals surface area contributed by atoms with Crippen LogP contribution < -0.4 is 0 Å². The van der Waals surface area contributed by atoms with E-state index in [1.165, 1.54) is 0 Å². The van der Waals surface area contributed by atoms with Crippen molar-refractivity contribution in [3.63, 3.8) is 0 Å². The molecule has 1 aliphatic heterocycles. The fourth-order valence-electron chi connectivity index (χ4n) is 1.19. The lowest BCUT2D eigenvalue weighted by Gasteiger charge is -2.07. The molecule has 2 heteroatoms. The Morgan fingerprint density at radius 1 is 1.80 bits per heavy atom. The molecule has 1 rings (SSSR count). The molecule has 10 heavy (non-hydrogen) atoms. The molecule has 1 heterocycles. The van der Waals surface area contributed by atoms with Crippen LogP contribution in [0.5, 0.6) is 0 Å². The molecule has 1 atom stereocenters. The zero-order valence-electron chi connectivity index (χ0n) is 6.92. The van der Waals surface area contributed by atoms with Crippen LogP contribution >= 0.6 is 0 Å². The monoisotopic (exact) mass is 141 g/mol. The van der Waals surface area contributed by atoms with E-state index in [1.807, 2.05) is 0 Å². The number of ether oxygens (including phenoxy) is 1. The number of likely N-dealkylation sites (N-methyl/N-ethyl adjacent to an activating group) is 1. The lowest BCUT2D eigenvalue weighted by molar-refractivity contribution is 0.176. The van der Waals surface area contributed by atoms with Crippen molar-refractivity contribution < 1.29 is 4.74 Å². The highest BCUT2D eigenvalue weighted by atomic mass is 16.5. The van der Waals surface area contributed by atoms with Crippen molar-refractivity contribution >= 4 is 0 Å². The van der Waals surface area contributed by atoms with Gasteiger partial charge in [-0.2, -0.15) is 0 Å². The molecular formula is C8H15NO. The molecule has 1 fully saturated rings. The van der Waals surface area contributed by atoms with Gasteiger partial charge in [-0.1, -0.05) is 6.92 Å². The molecular weight excluding hydrogens is 126 g/mol. The Bertz CT molecular complexity index is 142. The molecule has 1 aliphatic rings. The minimum atomic E-state index is 0.364. The third-order valence-electron chi connectivity index (χ3n) is 1.61. The first kappa shape index (κ1) is 7.45. The van der Waals surface area contributed by atoms with Crippen molar-refractivity contribution in [2.45, 2.75) is 26.4 Å². The molecule has 1 saturated heterocycles. The number of rotatable bonds is 1. The molecule has 2 nitrogen and oxygen atoms in total. The number of nitrogens with zero attached hydrogens (tertiary/aromatic N) is 1. The largest absolute Gasteiger partial charge is 0.474 e. The summed E-state index contributed by atoms with van der Waals surface area (Å²) in [6.45, 7) is 5.23. The molecule has 0 aromatic heterocycles. The van der Waals surface area contributed by atoms with Gasteiger partial charge in [0.2, 0.25) is 0 Å². The molecule has 0 amide bonds.